The number of benzene rings is 2. The van der Waals surface area contributed by atoms with Crippen LogP contribution in [0.5, 0.6) is 0 Å². The Hall–Kier alpha value is -2.54. The van der Waals surface area contributed by atoms with Gasteiger partial charge in [0.25, 0.3) is 5.91 Å². The Labute approximate surface area is 174 Å². The summed E-state index contributed by atoms with van der Waals surface area (Å²) in [5, 5.41) is 13.3. The molecule has 1 aromatic heterocycles. The molecule has 29 heavy (non-hydrogen) atoms. The molecule has 148 valence electrons. The summed E-state index contributed by atoms with van der Waals surface area (Å²) in [6.07, 6.45) is 1.83. The molecule has 2 atom stereocenters. The van der Waals surface area contributed by atoms with Gasteiger partial charge >= 0.3 is 0 Å². The van der Waals surface area contributed by atoms with Gasteiger partial charge in [0.2, 0.25) is 0 Å². The second-order valence-corrected chi connectivity index (χ2v) is 8.83. The molecule has 2 aliphatic heterocycles. The van der Waals surface area contributed by atoms with Gasteiger partial charge in [-0.05, 0) is 17.7 Å². The number of rotatable bonds is 5. The molecular weight excluding hydrogens is 382 g/mol. The fraction of sp³-hybridized carbons (Fsp3) is 0.304. The molecule has 0 saturated carbocycles. The molecule has 0 unspecified atom stereocenters. The van der Waals surface area contributed by atoms with Gasteiger partial charge in [0.05, 0.1) is 24.7 Å². The monoisotopic (exact) mass is 405 g/mol. The van der Waals surface area contributed by atoms with Crippen LogP contribution in [0.4, 0.5) is 0 Å². The summed E-state index contributed by atoms with van der Waals surface area (Å²) in [4.78, 5) is 22.1. The molecule has 2 aliphatic rings. The zero-order chi connectivity index (χ0) is 19.8. The molecule has 3 heterocycles. The quantitative estimate of drug-likeness (QED) is 0.709. The maximum Gasteiger partial charge on any atom is 0.254 e. The number of aliphatic hydroxyl groups is 1. The summed E-state index contributed by atoms with van der Waals surface area (Å²) >= 11 is 1.66. The molecule has 3 aromatic rings. The van der Waals surface area contributed by atoms with E-state index in [1.54, 1.807) is 11.3 Å². The lowest BCUT2D eigenvalue weighted by molar-refractivity contribution is -0.166. The van der Waals surface area contributed by atoms with Gasteiger partial charge in [-0.1, -0.05) is 48.5 Å². The molecule has 1 spiro atoms. The zero-order valence-electron chi connectivity index (χ0n) is 16.0. The number of aromatic nitrogens is 1. The van der Waals surface area contributed by atoms with Crippen molar-refractivity contribution in [3.63, 3.8) is 0 Å². The van der Waals surface area contributed by atoms with Crippen LogP contribution in [0.3, 0.4) is 0 Å². The van der Waals surface area contributed by atoms with E-state index in [0.717, 1.165) is 24.6 Å². The van der Waals surface area contributed by atoms with Crippen molar-refractivity contribution >= 4 is 17.2 Å². The van der Waals surface area contributed by atoms with E-state index in [2.05, 4.69) is 22.0 Å². The molecule has 5 rings (SSSR count). The van der Waals surface area contributed by atoms with Crippen molar-refractivity contribution in [1.29, 1.82) is 0 Å². The smallest absolute Gasteiger partial charge is 0.254 e. The highest BCUT2D eigenvalue weighted by atomic mass is 32.1. The highest BCUT2D eigenvalue weighted by Gasteiger charge is 2.67. The molecule has 0 aliphatic carbocycles. The van der Waals surface area contributed by atoms with Crippen molar-refractivity contribution in [2.24, 2.45) is 0 Å². The molecule has 0 radical (unpaired) electrons. The number of thiazole rings is 1. The fourth-order valence-electron chi connectivity index (χ4n) is 5.07. The summed E-state index contributed by atoms with van der Waals surface area (Å²) < 4.78 is 0. The van der Waals surface area contributed by atoms with E-state index in [4.69, 9.17) is 0 Å². The standard InChI is InChI=1S/C23H23N3O2S/c27-14-19-21(17-7-3-1-4-8-17)23(15-25(16-23)13-20-24-11-12-29-20)26(19)22(28)18-9-5-2-6-10-18/h1-12,19,21,27H,13-16H2/t19-,21-/m1/s1. The van der Waals surface area contributed by atoms with E-state index in [1.807, 2.05) is 65.0 Å². The molecule has 2 aromatic carbocycles. The molecule has 2 saturated heterocycles. The number of hydrogen-bond donors (Lipinski definition) is 1. The maximum absolute atomic E-state index is 13.4. The van der Waals surface area contributed by atoms with Crippen LogP contribution in [0.25, 0.3) is 0 Å². The van der Waals surface area contributed by atoms with Crippen LogP contribution in [-0.4, -0.2) is 57.1 Å². The highest BCUT2D eigenvalue weighted by molar-refractivity contribution is 7.09. The number of carbonyl (C=O) groups excluding carboxylic acids is 1. The van der Waals surface area contributed by atoms with Gasteiger partial charge in [0.1, 0.15) is 5.01 Å². The molecule has 1 N–H and O–H groups in total. The lowest BCUT2D eigenvalue weighted by Gasteiger charge is -2.70. The second kappa shape index (κ2) is 7.37. The van der Waals surface area contributed by atoms with Gasteiger partial charge < -0.3 is 10.0 Å². The van der Waals surface area contributed by atoms with Crippen molar-refractivity contribution in [2.45, 2.75) is 24.0 Å². The highest BCUT2D eigenvalue weighted by Crippen LogP contribution is 2.54. The minimum Gasteiger partial charge on any atom is -0.394 e. The van der Waals surface area contributed by atoms with Crippen LogP contribution < -0.4 is 0 Å². The average molecular weight is 406 g/mol. The fourth-order valence-corrected chi connectivity index (χ4v) is 5.73. The van der Waals surface area contributed by atoms with Crippen molar-refractivity contribution in [2.75, 3.05) is 19.7 Å². The van der Waals surface area contributed by atoms with E-state index in [9.17, 15) is 9.90 Å². The summed E-state index contributed by atoms with van der Waals surface area (Å²) in [5.41, 5.74) is 1.59. The van der Waals surface area contributed by atoms with Crippen LogP contribution in [0.1, 0.15) is 26.8 Å². The minimum absolute atomic E-state index is 0.00531. The van der Waals surface area contributed by atoms with Gasteiger partial charge in [0.15, 0.2) is 0 Å². The van der Waals surface area contributed by atoms with Gasteiger partial charge in [-0.15, -0.1) is 11.3 Å². The number of nitrogens with zero attached hydrogens (tertiary/aromatic N) is 3. The summed E-state index contributed by atoms with van der Waals surface area (Å²) in [5.74, 6) is 0.139. The Balaban J connectivity index is 1.46. The van der Waals surface area contributed by atoms with E-state index >= 15 is 0 Å². The zero-order valence-corrected chi connectivity index (χ0v) is 16.8. The molecular formula is C23H23N3O2S. The first-order valence-electron chi connectivity index (χ1n) is 9.88. The van der Waals surface area contributed by atoms with E-state index in [-0.39, 0.29) is 30.0 Å². The summed E-state index contributed by atoms with van der Waals surface area (Å²) in [6, 6.07) is 19.5. The van der Waals surface area contributed by atoms with E-state index < -0.39 is 0 Å². The Bertz CT molecular complexity index is 972. The van der Waals surface area contributed by atoms with Crippen molar-refractivity contribution in [1.82, 2.24) is 14.8 Å². The third-order valence-corrected chi connectivity index (χ3v) is 6.96. The maximum atomic E-state index is 13.4. The Kier molecular flexibility index (Phi) is 4.70. The summed E-state index contributed by atoms with van der Waals surface area (Å²) in [7, 11) is 0. The lowest BCUT2D eigenvalue weighted by atomic mass is 9.60. The van der Waals surface area contributed by atoms with Crippen LogP contribution in [0.15, 0.2) is 72.2 Å². The first kappa shape index (κ1) is 18.5. The predicted molar refractivity (Wildman–Crippen MR) is 113 cm³/mol. The van der Waals surface area contributed by atoms with Crippen LogP contribution in [-0.2, 0) is 6.54 Å². The first-order chi connectivity index (χ1) is 14.2. The van der Waals surface area contributed by atoms with Crippen molar-refractivity contribution in [3.8, 4) is 0 Å². The summed E-state index contributed by atoms with van der Waals surface area (Å²) in [6.45, 7) is 2.35. The second-order valence-electron chi connectivity index (χ2n) is 7.85. The molecule has 5 nitrogen and oxygen atoms in total. The topological polar surface area (TPSA) is 56.7 Å². The third-order valence-electron chi connectivity index (χ3n) is 6.20. The molecule has 2 fully saturated rings. The van der Waals surface area contributed by atoms with E-state index in [1.165, 1.54) is 5.56 Å². The number of amides is 1. The Morgan fingerprint density at radius 1 is 1.10 bits per heavy atom. The number of carbonyl (C=O) groups is 1. The van der Waals surface area contributed by atoms with Gasteiger partial charge in [-0.3, -0.25) is 9.69 Å². The lowest BCUT2D eigenvalue weighted by Crippen LogP contribution is -2.85. The third kappa shape index (κ3) is 2.99. The van der Waals surface area contributed by atoms with Crippen LogP contribution in [0, 0.1) is 0 Å². The Morgan fingerprint density at radius 2 is 1.79 bits per heavy atom. The first-order valence-corrected chi connectivity index (χ1v) is 10.8. The predicted octanol–water partition coefficient (Wildman–Crippen LogP) is 3.00. The van der Waals surface area contributed by atoms with Crippen molar-refractivity contribution < 1.29 is 9.90 Å². The van der Waals surface area contributed by atoms with Crippen LogP contribution >= 0.6 is 11.3 Å². The van der Waals surface area contributed by atoms with Gasteiger partial charge in [-0.2, -0.15) is 0 Å². The van der Waals surface area contributed by atoms with Gasteiger partial charge in [-0.25, -0.2) is 4.98 Å². The molecule has 1 amide bonds. The molecule has 6 heteroatoms. The number of aliphatic hydroxyl groups excluding tert-OH is 1. The average Bonchev–Trinajstić information content (AvgIpc) is 3.24. The minimum atomic E-state index is -0.279. The SMILES string of the molecule is O=C(c1ccccc1)N1[C@H](CO)[C@@H](c2ccccc2)C12CN(Cc1nccs1)C2. The number of hydrogen-bond acceptors (Lipinski definition) is 5. The van der Waals surface area contributed by atoms with E-state index in [0.29, 0.717) is 5.56 Å². The normalized spacial score (nSPS) is 22.9. The van der Waals surface area contributed by atoms with Crippen LogP contribution in [0.2, 0.25) is 0 Å². The van der Waals surface area contributed by atoms with Crippen molar-refractivity contribution in [3.05, 3.63) is 88.4 Å². The largest absolute Gasteiger partial charge is 0.394 e. The number of likely N-dealkylation sites (tertiary alicyclic amines) is 2. The molecule has 0 bridgehead atoms. The van der Waals surface area contributed by atoms with Gasteiger partial charge in [0, 0.05) is 36.1 Å². The Morgan fingerprint density at radius 3 is 2.41 bits per heavy atom.